The SMILES string of the molecule is CC1C=Cc2c(oc3ccc(-c4cccc5oc6ccccc6c45)c(-c4nc(-c5ccccc5)nc(-c5ccc6c(c5)oc5ccccc56)n4)c23)C1. The molecule has 10 aromatic rings. The maximum absolute atomic E-state index is 6.61. The molecule has 0 saturated carbocycles. The van der Waals surface area contributed by atoms with E-state index < -0.39 is 0 Å². The van der Waals surface area contributed by atoms with Crippen LogP contribution in [0.1, 0.15) is 18.2 Å². The van der Waals surface area contributed by atoms with Crippen LogP contribution in [0, 0.1) is 5.92 Å². The second-order valence-corrected chi connectivity index (χ2v) is 13.6. The second-order valence-electron chi connectivity index (χ2n) is 13.6. The molecule has 0 saturated heterocycles. The molecule has 6 heteroatoms. The Morgan fingerprint density at radius 3 is 2.04 bits per heavy atom. The Labute approximate surface area is 297 Å². The van der Waals surface area contributed by atoms with Crippen molar-refractivity contribution < 1.29 is 13.3 Å². The van der Waals surface area contributed by atoms with Crippen molar-refractivity contribution in [2.45, 2.75) is 13.3 Å². The minimum atomic E-state index is 0.378. The number of hydrogen-bond acceptors (Lipinski definition) is 6. The summed E-state index contributed by atoms with van der Waals surface area (Å²) in [4.78, 5) is 15.7. The molecule has 1 atom stereocenters. The first kappa shape index (κ1) is 29.0. The number of para-hydroxylation sites is 2. The van der Waals surface area contributed by atoms with E-state index in [-0.39, 0.29) is 0 Å². The molecule has 6 aromatic carbocycles. The van der Waals surface area contributed by atoms with Gasteiger partial charge < -0.3 is 13.3 Å². The standard InChI is InChI=1S/C46H29N3O3/c1-26-18-20-34-39(24-26)52-38-23-22-32(31-14-9-17-37-41(31)33-13-6-8-16-36(33)50-37)43(42(34)38)46-48-44(27-10-3-2-4-11-27)47-45(49-46)28-19-21-30-29-12-5-7-15-35(29)51-40(30)25-28/h2-23,25-26H,24H2,1H3. The fraction of sp³-hybridized carbons (Fsp3) is 0.0652. The highest BCUT2D eigenvalue weighted by molar-refractivity contribution is 6.16. The molecule has 1 unspecified atom stereocenters. The molecule has 0 amide bonds. The Balaban J connectivity index is 1.23. The number of benzene rings is 6. The molecule has 0 fully saturated rings. The van der Waals surface area contributed by atoms with E-state index in [1.165, 1.54) is 0 Å². The Morgan fingerprint density at radius 2 is 1.17 bits per heavy atom. The molecule has 0 aliphatic heterocycles. The van der Waals surface area contributed by atoms with Crippen molar-refractivity contribution >= 4 is 60.9 Å². The quantitative estimate of drug-likeness (QED) is 0.185. The first-order valence-electron chi connectivity index (χ1n) is 17.6. The molecule has 0 N–H and O–H groups in total. The zero-order valence-electron chi connectivity index (χ0n) is 28.1. The molecule has 0 radical (unpaired) electrons. The molecule has 1 aliphatic carbocycles. The van der Waals surface area contributed by atoms with E-state index in [9.17, 15) is 0 Å². The van der Waals surface area contributed by atoms with Gasteiger partial charge in [-0.2, -0.15) is 0 Å². The van der Waals surface area contributed by atoms with Crippen molar-refractivity contribution in [3.63, 3.8) is 0 Å². The lowest BCUT2D eigenvalue weighted by Gasteiger charge is -2.15. The lowest BCUT2D eigenvalue weighted by atomic mass is 9.89. The van der Waals surface area contributed by atoms with Crippen LogP contribution in [0.4, 0.5) is 0 Å². The lowest BCUT2D eigenvalue weighted by Crippen LogP contribution is -2.03. The fourth-order valence-electron chi connectivity index (χ4n) is 7.87. The number of fused-ring (bicyclic) bond motifs is 9. The van der Waals surface area contributed by atoms with Crippen LogP contribution in [0.5, 0.6) is 0 Å². The van der Waals surface area contributed by atoms with Gasteiger partial charge in [0, 0.05) is 55.6 Å². The van der Waals surface area contributed by atoms with E-state index in [1.807, 2.05) is 72.8 Å². The van der Waals surface area contributed by atoms with Gasteiger partial charge in [0.2, 0.25) is 0 Å². The Kier molecular flexibility index (Phi) is 6.19. The Bertz CT molecular complexity index is 3070. The summed E-state index contributed by atoms with van der Waals surface area (Å²) >= 11 is 0. The van der Waals surface area contributed by atoms with Crippen LogP contribution in [-0.2, 0) is 6.42 Å². The maximum Gasteiger partial charge on any atom is 0.165 e. The fourth-order valence-corrected chi connectivity index (χ4v) is 7.87. The second kappa shape index (κ2) is 11.1. The molecule has 52 heavy (non-hydrogen) atoms. The third-order valence-electron chi connectivity index (χ3n) is 10.3. The van der Waals surface area contributed by atoms with Gasteiger partial charge >= 0.3 is 0 Å². The highest BCUT2D eigenvalue weighted by Gasteiger charge is 2.27. The van der Waals surface area contributed by atoms with Crippen LogP contribution in [0.3, 0.4) is 0 Å². The predicted molar refractivity (Wildman–Crippen MR) is 208 cm³/mol. The third-order valence-corrected chi connectivity index (χ3v) is 10.3. The van der Waals surface area contributed by atoms with Crippen LogP contribution in [0.15, 0.2) is 147 Å². The highest BCUT2D eigenvalue weighted by Crippen LogP contribution is 2.46. The van der Waals surface area contributed by atoms with Crippen molar-refractivity contribution in [2.24, 2.45) is 5.92 Å². The van der Waals surface area contributed by atoms with Crippen LogP contribution in [0.2, 0.25) is 0 Å². The van der Waals surface area contributed by atoms with Crippen molar-refractivity contribution in [3.8, 4) is 45.3 Å². The van der Waals surface area contributed by atoms with Gasteiger partial charge in [0.25, 0.3) is 0 Å². The molecule has 0 spiro atoms. The minimum absolute atomic E-state index is 0.378. The normalized spacial score (nSPS) is 14.3. The summed E-state index contributed by atoms with van der Waals surface area (Å²) in [5, 5.41) is 5.23. The van der Waals surface area contributed by atoms with Crippen LogP contribution < -0.4 is 0 Å². The van der Waals surface area contributed by atoms with E-state index in [1.54, 1.807) is 0 Å². The largest absolute Gasteiger partial charge is 0.460 e. The van der Waals surface area contributed by atoms with Crippen molar-refractivity contribution in [2.75, 3.05) is 0 Å². The number of hydrogen-bond donors (Lipinski definition) is 0. The lowest BCUT2D eigenvalue weighted by molar-refractivity contribution is 0.513. The average Bonchev–Trinajstić information content (AvgIpc) is 3.88. The summed E-state index contributed by atoms with van der Waals surface area (Å²) in [5.74, 6) is 3.06. The Hall–Kier alpha value is -6.79. The van der Waals surface area contributed by atoms with Crippen LogP contribution in [-0.4, -0.2) is 15.0 Å². The molecule has 11 rings (SSSR count). The summed E-state index contributed by atoms with van der Waals surface area (Å²) in [7, 11) is 0. The summed E-state index contributed by atoms with van der Waals surface area (Å²) in [5.41, 5.74) is 9.84. The predicted octanol–water partition coefficient (Wildman–Crippen LogP) is 12.3. The number of rotatable bonds is 4. The van der Waals surface area contributed by atoms with E-state index in [0.29, 0.717) is 23.4 Å². The van der Waals surface area contributed by atoms with E-state index in [2.05, 4.69) is 73.7 Å². The van der Waals surface area contributed by atoms with E-state index in [0.717, 1.165) is 100 Å². The summed E-state index contributed by atoms with van der Waals surface area (Å²) in [6, 6.07) is 43.1. The zero-order chi connectivity index (χ0) is 34.3. The number of nitrogens with zero attached hydrogens (tertiary/aromatic N) is 3. The van der Waals surface area contributed by atoms with Crippen molar-refractivity contribution in [1.29, 1.82) is 0 Å². The number of allylic oxidation sites excluding steroid dienone is 1. The van der Waals surface area contributed by atoms with Gasteiger partial charge in [-0.25, -0.2) is 15.0 Å². The molecular formula is C46H29N3O3. The molecule has 1 aliphatic rings. The summed E-state index contributed by atoms with van der Waals surface area (Å²) < 4.78 is 19.3. The van der Waals surface area contributed by atoms with E-state index in [4.69, 9.17) is 28.2 Å². The summed E-state index contributed by atoms with van der Waals surface area (Å²) in [6.07, 6.45) is 5.29. The smallest absolute Gasteiger partial charge is 0.165 e. The molecule has 0 bridgehead atoms. The van der Waals surface area contributed by atoms with Gasteiger partial charge in [-0.1, -0.05) is 104 Å². The molecule has 6 nitrogen and oxygen atoms in total. The van der Waals surface area contributed by atoms with Crippen LogP contribution >= 0.6 is 0 Å². The van der Waals surface area contributed by atoms with Crippen molar-refractivity contribution in [1.82, 2.24) is 15.0 Å². The topological polar surface area (TPSA) is 78.1 Å². The highest BCUT2D eigenvalue weighted by atomic mass is 16.3. The van der Waals surface area contributed by atoms with Crippen molar-refractivity contribution in [3.05, 3.63) is 145 Å². The van der Waals surface area contributed by atoms with Gasteiger partial charge in [-0.15, -0.1) is 0 Å². The molecule has 4 aromatic heterocycles. The first-order chi connectivity index (χ1) is 25.7. The monoisotopic (exact) mass is 671 g/mol. The molecule has 246 valence electrons. The molecular weight excluding hydrogens is 643 g/mol. The van der Waals surface area contributed by atoms with Gasteiger partial charge in [0.1, 0.15) is 33.7 Å². The first-order valence-corrected chi connectivity index (χ1v) is 17.6. The average molecular weight is 672 g/mol. The number of aromatic nitrogens is 3. The minimum Gasteiger partial charge on any atom is -0.460 e. The Morgan fingerprint density at radius 1 is 0.500 bits per heavy atom. The van der Waals surface area contributed by atoms with Gasteiger partial charge in [0.05, 0.1) is 0 Å². The maximum atomic E-state index is 6.61. The molecule has 4 heterocycles. The number of furan rings is 3. The zero-order valence-corrected chi connectivity index (χ0v) is 28.1. The van der Waals surface area contributed by atoms with Crippen LogP contribution in [0.25, 0.3) is 106 Å². The van der Waals surface area contributed by atoms with Gasteiger partial charge in [-0.05, 0) is 59.5 Å². The van der Waals surface area contributed by atoms with Gasteiger partial charge in [0.15, 0.2) is 17.5 Å². The third kappa shape index (κ3) is 4.40. The van der Waals surface area contributed by atoms with E-state index >= 15 is 0 Å². The summed E-state index contributed by atoms with van der Waals surface area (Å²) in [6.45, 7) is 2.22. The van der Waals surface area contributed by atoms with Gasteiger partial charge in [-0.3, -0.25) is 0 Å².